The summed E-state index contributed by atoms with van der Waals surface area (Å²) in [5.74, 6) is 0.806. The van der Waals surface area contributed by atoms with Gasteiger partial charge in [-0.3, -0.25) is 0 Å². The van der Waals surface area contributed by atoms with Crippen molar-refractivity contribution in [3.05, 3.63) is 42.6 Å². The van der Waals surface area contributed by atoms with Crippen LogP contribution in [0.3, 0.4) is 0 Å². The zero-order valence-corrected chi connectivity index (χ0v) is 9.81. The summed E-state index contributed by atoms with van der Waals surface area (Å²) in [7, 11) is 1.64. The number of fused-ring (bicyclic) bond motifs is 1. The van der Waals surface area contributed by atoms with Gasteiger partial charge in [0.1, 0.15) is 11.8 Å². The van der Waals surface area contributed by atoms with Crippen molar-refractivity contribution in [2.75, 3.05) is 7.11 Å². The number of allylic oxidation sites excluding steroid dienone is 1. The standard InChI is InChI=1S/C14H14N2O/c1-3-4-7-16-10-11(9-15)13-6-5-12(17-2)8-14(13)16/h3,5-6,8,10H,1,4,7H2,2H3. The van der Waals surface area contributed by atoms with E-state index in [2.05, 4.69) is 17.2 Å². The summed E-state index contributed by atoms with van der Waals surface area (Å²) in [6.45, 7) is 4.54. The summed E-state index contributed by atoms with van der Waals surface area (Å²) in [5.41, 5.74) is 1.73. The molecule has 1 aromatic heterocycles. The number of rotatable bonds is 4. The van der Waals surface area contributed by atoms with Crippen molar-refractivity contribution in [1.29, 1.82) is 5.26 Å². The molecule has 17 heavy (non-hydrogen) atoms. The van der Waals surface area contributed by atoms with Crippen LogP contribution < -0.4 is 4.74 Å². The topological polar surface area (TPSA) is 38.0 Å². The molecule has 0 atom stereocenters. The Morgan fingerprint density at radius 1 is 1.53 bits per heavy atom. The lowest BCUT2D eigenvalue weighted by atomic mass is 10.2. The SMILES string of the molecule is C=CCCn1cc(C#N)c2ccc(OC)cc21. The second-order valence-electron chi connectivity index (χ2n) is 3.81. The summed E-state index contributed by atoms with van der Waals surface area (Å²) in [6.07, 6.45) is 4.64. The molecular weight excluding hydrogens is 212 g/mol. The van der Waals surface area contributed by atoms with Crippen molar-refractivity contribution in [2.24, 2.45) is 0 Å². The molecular formula is C14H14N2O. The predicted molar refractivity (Wildman–Crippen MR) is 68.0 cm³/mol. The van der Waals surface area contributed by atoms with Crippen molar-refractivity contribution < 1.29 is 4.74 Å². The lowest BCUT2D eigenvalue weighted by molar-refractivity contribution is 0.415. The van der Waals surface area contributed by atoms with Gasteiger partial charge in [0.15, 0.2) is 0 Å². The van der Waals surface area contributed by atoms with Gasteiger partial charge in [-0.05, 0) is 18.6 Å². The van der Waals surface area contributed by atoms with E-state index < -0.39 is 0 Å². The Labute approximate surface area is 101 Å². The van der Waals surface area contributed by atoms with E-state index in [1.54, 1.807) is 7.11 Å². The molecule has 2 rings (SSSR count). The first-order valence-corrected chi connectivity index (χ1v) is 5.48. The third-order valence-corrected chi connectivity index (χ3v) is 2.78. The van der Waals surface area contributed by atoms with Crippen LogP contribution in [0.1, 0.15) is 12.0 Å². The Hall–Kier alpha value is -2.21. The lowest BCUT2D eigenvalue weighted by Gasteiger charge is -2.04. The Morgan fingerprint density at radius 3 is 3.00 bits per heavy atom. The van der Waals surface area contributed by atoms with E-state index in [9.17, 15) is 0 Å². The molecule has 86 valence electrons. The Bertz CT molecular complexity index is 590. The van der Waals surface area contributed by atoms with E-state index in [4.69, 9.17) is 10.00 Å². The van der Waals surface area contributed by atoms with Crippen molar-refractivity contribution in [3.8, 4) is 11.8 Å². The highest BCUT2D eigenvalue weighted by atomic mass is 16.5. The molecule has 0 unspecified atom stereocenters. The number of nitrogens with zero attached hydrogens (tertiary/aromatic N) is 2. The second kappa shape index (κ2) is 4.75. The van der Waals surface area contributed by atoms with Gasteiger partial charge < -0.3 is 9.30 Å². The molecule has 0 spiro atoms. The average Bonchev–Trinajstić information content (AvgIpc) is 2.73. The molecule has 3 nitrogen and oxygen atoms in total. The number of ether oxygens (including phenoxy) is 1. The van der Waals surface area contributed by atoms with E-state index >= 15 is 0 Å². The third-order valence-electron chi connectivity index (χ3n) is 2.78. The molecule has 0 saturated heterocycles. The maximum absolute atomic E-state index is 9.09. The fourth-order valence-electron chi connectivity index (χ4n) is 1.90. The summed E-state index contributed by atoms with van der Waals surface area (Å²) in [6, 6.07) is 7.98. The van der Waals surface area contributed by atoms with Gasteiger partial charge in [-0.1, -0.05) is 6.08 Å². The Kier molecular flexibility index (Phi) is 3.15. The van der Waals surface area contributed by atoms with Crippen molar-refractivity contribution in [2.45, 2.75) is 13.0 Å². The minimum atomic E-state index is 0.701. The third kappa shape index (κ3) is 2.02. The summed E-state index contributed by atoms with van der Waals surface area (Å²) >= 11 is 0. The predicted octanol–water partition coefficient (Wildman–Crippen LogP) is 3.10. The van der Waals surface area contributed by atoms with Crippen LogP contribution in [-0.4, -0.2) is 11.7 Å². The van der Waals surface area contributed by atoms with Gasteiger partial charge in [0.05, 0.1) is 18.2 Å². The summed E-state index contributed by atoms with van der Waals surface area (Å²) in [4.78, 5) is 0. The van der Waals surface area contributed by atoms with E-state index in [0.717, 1.165) is 29.6 Å². The molecule has 1 heterocycles. The zero-order valence-electron chi connectivity index (χ0n) is 9.81. The van der Waals surface area contributed by atoms with Crippen LogP contribution in [-0.2, 0) is 6.54 Å². The van der Waals surface area contributed by atoms with Crippen LogP contribution in [0.2, 0.25) is 0 Å². The number of aromatic nitrogens is 1. The molecule has 0 radical (unpaired) electrons. The number of aryl methyl sites for hydroxylation is 1. The van der Waals surface area contributed by atoms with Crippen LogP contribution in [0.25, 0.3) is 10.9 Å². The van der Waals surface area contributed by atoms with Gasteiger partial charge in [0, 0.05) is 24.2 Å². The maximum atomic E-state index is 9.09. The molecule has 3 heteroatoms. The first kappa shape index (κ1) is 11.3. The molecule has 0 bridgehead atoms. The number of hydrogen-bond acceptors (Lipinski definition) is 2. The highest BCUT2D eigenvalue weighted by Crippen LogP contribution is 2.25. The normalized spacial score (nSPS) is 10.1. The van der Waals surface area contributed by atoms with E-state index in [1.165, 1.54) is 0 Å². The molecule has 0 aliphatic carbocycles. The minimum Gasteiger partial charge on any atom is -0.497 e. The molecule has 0 amide bonds. The lowest BCUT2D eigenvalue weighted by Crippen LogP contribution is -1.94. The minimum absolute atomic E-state index is 0.701. The zero-order chi connectivity index (χ0) is 12.3. The molecule has 0 aliphatic rings. The number of methoxy groups -OCH3 is 1. The van der Waals surface area contributed by atoms with Gasteiger partial charge in [0.2, 0.25) is 0 Å². The van der Waals surface area contributed by atoms with Gasteiger partial charge in [-0.2, -0.15) is 5.26 Å². The first-order chi connectivity index (χ1) is 8.30. The van der Waals surface area contributed by atoms with Gasteiger partial charge >= 0.3 is 0 Å². The first-order valence-electron chi connectivity index (χ1n) is 5.48. The molecule has 0 aliphatic heterocycles. The van der Waals surface area contributed by atoms with Gasteiger partial charge in [0.25, 0.3) is 0 Å². The summed E-state index contributed by atoms with van der Waals surface area (Å²) in [5, 5.41) is 10.1. The number of benzene rings is 1. The van der Waals surface area contributed by atoms with Gasteiger partial charge in [-0.15, -0.1) is 6.58 Å². The fraction of sp³-hybridized carbons (Fsp3) is 0.214. The van der Waals surface area contributed by atoms with Crippen molar-refractivity contribution >= 4 is 10.9 Å². The van der Waals surface area contributed by atoms with Crippen LogP contribution in [0.4, 0.5) is 0 Å². The Morgan fingerprint density at radius 2 is 2.35 bits per heavy atom. The highest BCUT2D eigenvalue weighted by Gasteiger charge is 2.08. The molecule has 0 fully saturated rings. The van der Waals surface area contributed by atoms with Crippen molar-refractivity contribution in [1.82, 2.24) is 4.57 Å². The van der Waals surface area contributed by atoms with Crippen LogP contribution in [0.5, 0.6) is 5.75 Å². The second-order valence-corrected chi connectivity index (χ2v) is 3.81. The van der Waals surface area contributed by atoms with Crippen LogP contribution in [0.15, 0.2) is 37.1 Å². The molecule has 2 aromatic rings. The average molecular weight is 226 g/mol. The van der Waals surface area contributed by atoms with E-state index in [0.29, 0.717) is 5.56 Å². The maximum Gasteiger partial charge on any atom is 0.120 e. The number of hydrogen-bond donors (Lipinski definition) is 0. The Balaban J connectivity index is 2.58. The quantitative estimate of drug-likeness (QED) is 0.751. The highest BCUT2D eigenvalue weighted by molar-refractivity contribution is 5.87. The van der Waals surface area contributed by atoms with Gasteiger partial charge in [-0.25, -0.2) is 0 Å². The number of nitriles is 1. The molecule has 1 aromatic carbocycles. The molecule has 0 saturated carbocycles. The van der Waals surface area contributed by atoms with E-state index in [-0.39, 0.29) is 0 Å². The smallest absolute Gasteiger partial charge is 0.120 e. The van der Waals surface area contributed by atoms with Crippen LogP contribution in [0, 0.1) is 11.3 Å². The monoisotopic (exact) mass is 226 g/mol. The summed E-state index contributed by atoms with van der Waals surface area (Å²) < 4.78 is 7.28. The fourth-order valence-corrected chi connectivity index (χ4v) is 1.90. The van der Waals surface area contributed by atoms with Crippen LogP contribution >= 0.6 is 0 Å². The van der Waals surface area contributed by atoms with Crippen molar-refractivity contribution in [3.63, 3.8) is 0 Å². The van der Waals surface area contributed by atoms with E-state index in [1.807, 2.05) is 30.5 Å². The molecule has 0 N–H and O–H groups in total. The largest absolute Gasteiger partial charge is 0.497 e.